The number of rotatable bonds is 3. The number of hydrogen-bond donors (Lipinski definition) is 1. The number of thioether (sulfide) groups is 1. The molecular weight excluding hydrogens is 356 g/mol. The van der Waals surface area contributed by atoms with E-state index in [1.54, 1.807) is 23.2 Å². The Hall–Kier alpha value is -2.31. The van der Waals surface area contributed by atoms with Gasteiger partial charge in [-0.05, 0) is 61.0 Å². The zero-order chi connectivity index (χ0) is 18.0. The van der Waals surface area contributed by atoms with Gasteiger partial charge in [0.1, 0.15) is 5.69 Å². The van der Waals surface area contributed by atoms with E-state index in [4.69, 9.17) is 17.3 Å². The molecule has 0 radical (unpaired) electrons. The standard InChI is InChI=1S/C18H17ClN4OS/c1-3-23-17(24)15(11(2)12-6-8-13(20)9-7-12)25-18(23)22-14-5-4-10-21-16(14)19/h4-10H,3,20H2,1-2H3/b15-11-,22-18?. The summed E-state index contributed by atoms with van der Waals surface area (Å²) < 4.78 is 0. The van der Waals surface area contributed by atoms with Gasteiger partial charge in [-0.15, -0.1) is 0 Å². The number of carbonyl (C=O) groups is 1. The minimum atomic E-state index is -0.0550. The Labute approximate surface area is 155 Å². The number of likely N-dealkylation sites (N-methyl/N-ethyl adjacent to an activating group) is 1. The molecule has 0 aliphatic carbocycles. The highest BCUT2D eigenvalue weighted by atomic mass is 35.5. The van der Waals surface area contributed by atoms with Crippen LogP contribution in [0.15, 0.2) is 52.5 Å². The number of pyridine rings is 1. The van der Waals surface area contributed by atoms with Crippen LogP contribution in [0.4, 0.5) is 11.4 Å². The largest absolute Gasteiger partial charge is 0.399 e. The van der Waals surface area contributed by atoms with Crippen molar-refractivity contribution >= 4 is 51.4 Å². The fraction of sp³-hybridized carbons (Fsp3) is 0.167. The number of aliphatic imine (C=N–C) groups is 1. The average molecular weight is 373 g/mol. The zero-order valence-electron chi connectivity index (χ0n) is 13.9. The second kappa shape index (κ2) is 7.29. The average Bonchev–Trinajstić information content (AvgIpc) is 2.92. The van der Waals surface area contributed by atoms with Crippen molar-refractivity contribution in [2.24, 2.45) is 4.99 Å². The monoisotopic (exact) mass is 372 g/mol. The molecule has 0 bridgehead atoms. The molecule has 7 heteroatoms. The maximum Gasteiger partial charge on any atom is 0.267 e. The summed E-state index contributed by atoms with van der Waals surface area (Å²) in [6.45, 7) is 4.38. The predicted molar refractivity (Wildman–Crippen MR) is 105 cm³/mol. The molecule has 25 heavy (non-hydrogen) atoms. The van der Waals surface area contributed by atoms with Crippen LogP contribution in [-0.2, 0) is 4.79 Å². The van der Waals surface area contributed by atoms with Gasteiger partial charge in [0.05, 0.1) is 4.91 Å². The quantitative estimate of drug-likeness (QED) is 0.494. The van der Waals surface area contributed by atoms with Crippen LogP contribution in [-0.4, -0.2) is 27.5 Å². The number of allylic oxidation sites excluding steroid dienone is 1. The number of amidine groups is 1. The first kappa shape index (κ1) is 17.5. The first-order valence-electron chi connectivity index (χ1n) is 7.77. The molecule has 128 valence electrons. The molecule has 3 rings (SSSR count). The molecule has 0 saturated carbocycles. The number of halogens is 1. The molecule has 0 atom stereocenters. The number of nitrogens with two attached hydrogens (primary N) is 1. The molecule has 1 amide bonds. The predicted octanol–water partition coefficient (Wildman–Crippen LogP) is 4.33. The van der Waals surface area contributed by atoms with Gasteiger partial charge in [0.15, 0.2) is 10.3 Å². The van der Waals surface area contributed by atoms with Gasteiger partial charge in [0, 0.05) is 18.4 Å². The van der Waals surface area contributed by atoms with Crippen molar-refractivity contribution in [3.05, 3.63) is 58.2 Å². The number of anilines is 1. The Morgan fingerprint density at radius 1 is 1.32 bits per heavy atom. The molecule has 2 heterocycles. The van der Waals surface area contributed by atoms with Crippen molar-refractivity contribution in [2.75, 3.05) is 12.3 Å². The lowest BCUT2D eigenvalue weighted by Gasteiger charge is -2.12. The molecule has 1 aliphatic rings. The number of nitrogen functional groups attached to an aromatic ring is 1. The van der Waals surface area contributed by atoms with Gasteiger partial charge < -0.3 is 5.73 Å². The van der Waals surface area contributed by atoms with Crippen LogP contribution < -0.4 is 5.73 Å². The zero-order valence-corrected chi connectivity index (χ0v) is 15.4. The minimum absolute atomic E-state index is 0.0550. The maximum absolute atomic E-state index is 12.8. The highest BCUT2D eigenvalue weighted by Crippen LogP contribution is 2.38. The molecule has 5 nitrogen and oxygen atoms in total. The molecule has 1 fully saturated rings. The van der Waals surface area contributed by atoms with Gasteiger partial charge in [-0.1, -0.05) is 23.7 Å². The van der Waals surface area contributed by atoms with Crippen molar-refractivity contribution in [3.63, 3.8) is 0 Å². The van der Waals surface area contributed by atoms with E-state index in [-0.39, 0.29) is 5.91 Å². The van der Waals surface area contributed by atoms with E-state index >= 15 is 0 Å². The lowest BCUT2D eigenvalue weighted by molar-refractivity contribution is -0.122. The van der Waals surface area contributed by atoms with Crippen LogP contribution in [0, 0.1) is 0 Å². The summed E-state index contributed by atoms with van der Waals surface area (Å²) in [5.41, 5.74) is 8.83. The Kier molecular flexibility index (Phi) is 5.11. The van der Waals surface area contributed by atoms with Crippen LogP contribution in [0.5, 0.6) is 0 Å². The molecular formula is C18H17ClN4OS. The Bertz CT molecular complexity index is 877. The van der Waals surface area contributed by atoms with Gasteiger partial charge in [0.25, 0.3) is 5.91 Å². The van der Waals surface area contributed by atoms with Gasteiger partial charge in [-0.25, -0.2) is 9.98 Å². The minimum Gasteiger partial charge on any atom is -0.399 e. The van der Waals surface area contributed by atoms with E-state index in [0.29, 0.717) is 33.1 Å². The highest BCUT2D eigenvalue weighted by Gasteiger charge is 2.34. The summed E-state index contributed by atoms with van der Waals surface area (Å²) in [5.74, 6) is -0.0550. The SMILES string of the molecule is CCN1C(=O)/C(=C(\C)c2ccc(N)cc2)SC1=Nc1cccnc1Cl. The Morgan fingerprint density at radius 3 is 2.68 bits per heavy atom. The maximum atomic E-state index is 12.8. The van der Waals surface area contributed by atoms with Crippen molar-refractivity contribution < 1.29 is 4.79 Å². The third-order valence-corrected chi connectivity index (χ3v) is 5.29. The van der Waals surface area contributed by atoms with Crippen molar-refractivity contribution in [1.29, 1.82) is 0 Å². The van der Waals surface area contributed by atoms with E-state index in [0.717, 1.165) is 11.1 Å². The number of nitrogens with zero attached hydrogens (tertiary/aromatic N) is 3. The van der Waals surface area contributed by atoms with Crippen LogP contribution in [0.2, 0.25) is 5.15 Å². The Balaban J connectivity index is 2.01. The van der Waals surface area contributed by atoms with E-state index in [2.05, 4.69) is 9.98 Å². The third kappa shape index (κ3) is 3.55. The van der Waals surface area contributed by atoms with Crippen LogP contribution in [0.25, 0.3) is 5.57 Å². The molecule has 1 aromatic heterocycles. The topological polar surface area (TPSA) is 71.6 Å². The fourth-order valence-corrected chi connectivity index (χ4v) is 3.71. The summed E-state index contributed by atoms with van der Waals surface area (Å²) in [6.07, 6.45) is 1.60. The second-order valence-electron chi connectivity index (χ2n) is 5.44. The molecule has 1 aliphatic heterocycles. The van der Waals surface area contributed by atoms with E-state index in [9.17, 15) is 4.79 Å². The Morgan fingerprint density at radius 2 is 2.04 bits per heavy atom. The smallest absolute Gasteiger partial charge is 0.267 e. The fourth-order valence-electron chi connectivity index (χ4n) is 2.43. The van der Waals surface area contributed by atoms with Gasteiger partial charge in [-0.2, -0.15) is 0 Å². The van der Waals surface area contributed by atoms with Gasteiger partial charge in [0.2, 0.25) is 0 Å². The molecule has 2 aromatic rings. The number of hydrogen-bond acceptors (Lipinski definition) is 5. The van der Waals surface area contributed by atoms with Gasteiger partial charge >= 0.3 is 0 Å². The lowest BCUT2D eigenvalue weighted by atomic mass is 10.1. The number of amides is 1. The van der Waals surface area contributed by atoms with Crippen LogP contribution in [0.1, 0.15) is 19.4 Å². The number of carbonyl (C=O) groups excluding carboxylic acids is 1. The van der Waals surface area contributed by atoms with Crippen molar-refractivity contribution in [1.82, 2.24) is 9.88 Å². The normalized spacial score (nSPS) is 18.1. The second-order valence-corrected chi connectivity index (χ2v) is 6.77. The van der Waals surface area contributed by atoms with E-state index in [1.165, 1.54) is 11.8 Å². The molecule has 1 saturated heterocycles. The van der Waals surface area contributed by atoms with Crippen LogP contribution >= 0.6 is 23.4 Å². The number of aromatic nitrogens is 1. The lowest BCUT2D eigenvalue weighted by Crippen LogP contribution is -2.28. The summed E-state index contributed by atoms with van der Waals surface area (Å²) >= 11 is 7.44. The third-order valence-electron chi connectivity index (χ3n) is 3.82. The van der Waals surface area contributed by atoms with Gasteiger partial charge in [-0.3, -0.25) is 9.69 Å². The number of benzene rings is 1. The first-order chi connectivity index (χ1) is 12.0. The first-order valence-corrected chi connectivity index (χ1v) is 8.96. The summed E-state index contributed by atoms with van der Waals surface area (Å²) in [6, 6.07) is 11.0. The van der Waals surface area contributed by atoms with Crippen molar-refractivity contribution in [3.8, 4) is 0 Å². The molecule has 2 N–H and O–H groups in total. The van der Waals surface area contributed by atoms with E-state index < -0.39 is 0 Å². The summed E-state index contributed by atoms with van der Waals surface area (Å²) in [5, 5.41) is 0.916. The molecule has 1 aromatic carbocycles. The van der Waals surface area contributed by atoms with Crippen LogP contribution in [0.3, 0.4) is 0 Å². The molecule has 0 unspecified atom stereocenters. The summed E-state index contributed by atoms with van der Waals surface area (Å²) in [4.78, 5) is 23.7. The van der Waals surface area contributed by atoms with E-state index in [1.807, 2.05) is 38.1 Å². The molecule has 0 spiro atoms. The summed E-state index contributed by atoms with van der Waals surface area (Å²) in [7, 11) is 0. The highest BCUT2D eigenvalue weighted by molar-refractivity contribution is 8.18. The van der Waals surface area contributed by atoms with Crippen molar-refractivity contribution in [2.45, 2.75) is 13.8 Å².